The van der Waals surface area contributed by atoms with Crippen LogP contribution in [0, 0.1) is 13.8 Å². The lowest BCUT2D eigenvalue weighted by Crippen LogP contribution is -2.11. The van der Waals surface area contributed by atoms with Crippen molar-refractivity contribution in [3.63, 3.8) is 0 Å². The van der Waals surface area contributed by atoms with Crippen LogP contribution >= 0.6 is 0 Å². The fourth-order valence-corrected chi connectivity index (χ4v) is 4.55. The van der Waals surface area contributed by atoms with Crippen molar-refractivity contribution in [2.24, 2.45) is 0 Å². The normalized spacial score (nSPS) is 11.3. The molecule has 3 aromatic carbocycles. The van der Waals surface area contributed by atoms with Crippen LogP contribution in [0.3, 0.4) is 0 Å². The number of sulfone groups is 1. The highest BCUT2D eigenvalue weighted by molar-refractivity contribution is 7.90. The SMILES string of the molecule is Cc1ccc(NC(=O)c2ccc(-c3nc(CS(=O)(=O)c4ccccc4)c(C)o3)cc2)cc1. The predicted molar refractivity (Wildman–Crippen MR) is 123 cm³/mol. The number of rotatable bonds is 6. The average molecular weight is 447 g/mol. The Hall–Kier alpha value is -3.71. The second-order valence-electron chi connectivity index (χ2n) is 7.49. The van der Waals surface area contributed by atoms with E-state index in [0.29, 0.717) is 28.5 Å². The molecule has 32 heavy (non-hydrogen) atoms. The van der Waals surface area contributed by atoms with Gasteiger partial charge in [-0.3, -0.25) is 4.79 Å². The number of hydrogen-bond acceptors (Lipinski definition) is 5. The van der Waals surface area contributed by atoms with Crippen LogP contribution in [0.1, 0.15) is 27.4 Å². The van der Waals surface area contributed by atoms with Crippen molar-refractivity contribution in [3.05, 3.63) is 101 Å². The van der Waals surface area contributed by atoms with Crippen molar-refractivity contribution in [2.45, 2.75) is 24.5 Å². The Balaban J connectivity index is 1.50. The largest absolute Gasteiger partial charge is 0.441 e. The summed E-state index contributed by atoms with van der Waals surface area (Å²) in [7, 11) is -3.53. The molecule has 0 bridgehead atoms. The molecule has 4 rings (SSSR count). The number of nitrogens with one attached hydrogen (secondary N) is 1. The number of aromatic nitrogens is 1. The molecule has 0 aliphatic carbocycles. The van der Waals surface area contributed by atoms with Gasteiger partial charge in [0.25, 0.3) is 5.91 Å². The van der Waals surface area contributed by atoms with Gasteiger partial charge in [0.05, 0.1) is 10.6 Å². The van der Waals surface area contributed by atoms with E-state index in [-0.39, 0.29) is 16.6 Å². The number of benzene rings is 3. The summed E-state index contributed by atoms with van der Waals surface area (Å²) in [6.07, 6.45) is 0. The number of nitrogens with zero attached hydrogens (tertiary/aromatic N) is 1. The molecule has 7 heteroatoms. The van der Waals surface area contributed by atoms with E-state index in [9.17, 15) is 13.2 Å². The number of hydrogen-bond donors (Lipinski definition) is 1. The Morgan fingerprint density at radius 3 is 2.22 bits per heavy atom. The van der Waals surface area contributed by atoms with Crippen molar-refractivity contribution in [1.29, 1.82) is 0 Å². The molecule has 4 aromatic rings. The number of aryl methyl sites for hydroxylation is 2. The van der Waals surface area contributed by atoms with Gasteiger partial charge in [-0.1, -0.05) is 35.9 Å². The third-order valence-corrected chi connectivity index (χ3v) is 6.67. The van der Waals surface area contributed by atoms with Crippen LogP contribution in [0.5, 0.6) is 0 Å². The maximum Gasteiger partial charge on any atom is 0.255 e. The smallest absolute Gasteiger partial charge is 0.255 e. The summed E-state index contributed by atoms with van der Waals surface area (Å²) in [4.78, 5) is 17.1. The molecule has 0 aliphatic rings. The maximum absolute atomic E-state index is 12.7. The predicted octanol–water partition coefficient (Wildman–Crippen LogP) is 5.18. The van der Waals surface area contributed by atoms with E-state index in [4.69, 9.17) is 4.42 Å². The summed E-state index contributed by atoms with van der Waals surface area (Å²) in [6, 6.07) is 22.6. The fourth-order valence-electron chi connectivity index (χ4n) is 3.18. The molecule has 0 saturated carbocycles. The highest BCUT2D eigenvalue weighted by Gasteiger charge is 2.21. The monoisotopic (exact) mass is 446 g/mol. The Labute approximate surface area is 186 Å². The number of carbonyl (C=O) groups excluding carboxylic acids is 1. The van der Waals surface area contributed by atoms with Gasteiger partial charge in [0.1, 0.15) is 11.5 Å². The zero-order valence-electron chi connectivity index (χ0n) is 17.7. The minimum Gasteiger partial charge on any atom is -0.441 e. The van der Waals surface area contributed by atoms with E-state index < -0.39 is 9.84 Å². The molecule has 6 nitrogen and oxygen atoms in total. The third kappa shape index (κ3) is 4.78. The van der Waals surface area contributed by atoms with Gasteiger partial charge in [-0.15, -0.1) is 0 Å². The van der Waals surface area contributed by atoms with Crippen molar-refractivity contribution in [2.75, 3.05) is 5.32 Å². The van der Waals surface area contributed by atoms with Crippen LogP contribution in [0.4, 0.5) is 5.69 Å². The summed E-state index contributed by atoms with van der Waals surface area (Å²) in [5.74, 6) is 0.286. The summed E-state index contributed by atoms with van der Waals surface area (Å²) in [5, 5.41) is 2.85. The lowest BCUT2D eigenvalue weighted by atomic mass is 10.1. The van der Waals surface area contributed by atoms with Crippen LogP contribution in [0.15, 0.2) is 88.2 Å². The average Bonchev–Trinajstić information content (AvgIpc) is 3.15. The van der Waals surface area contributed by atoms with Crippen molar-refractivity contribution >= 4 is 21.4 Å². The van der Waals surface area contributed by atoms with Crippen LogP contribution < -0.4 is 5.32 Å². The molecular weight excluding hydrogens is 424 g/mol. The van der Waals surface area contributed by atoms with Crippen molar-refractivity contribution in [3.8, 4) is 11.5 Å². The molecule has 0 unspecified atom stereocenters. The number of amides is 1. The molecule has 0 aliphatic heterocycles. The van der Waals surface area contributed by atoms with Crippen LogP contribution in [0.2, 0.25) is 0 Å². The van der Waals surface area contributed by atoms with Gasteiger partial charge in [0.15, 0.2) is 9.84 Å². The van der Waals surface area contributed by atoms with Gasteiger partial charge in [-0.2, -0.15) is 0 Å². The quantitative estimate of drug-likeness (QED) is 0.441. The van der Waals surface area contributed by atoms with Gasteiger partial charge in [-0.05, 0) is 62.4 Å². The zero-order chi connectivity index (χ0) is 22.7. The topological polar surface area (TPSA) is 89.3 Å². The molecule has 162 valence electrons. The van der Waals surface area contributed by atoms with Crippen LogP contribution in [-0.2, 0) is 15.6 Å². The minimum atomic E-state index is -3.53. The standard InChI is InChI=1S/C25H22N2O4S/c1-17-8-14-21(15-9-17)26-24(28)19-10-12-20(13-11-19)25-27-23(18(2)31-25)16-32(29,30)22-6-4-3-5-7-22/h3-15H,16H2,1-2H3,(H,26,28). The summed E-state index contributed by atoms with van der Waals surface area (Å²) >= 11 is 0. The fraction of sp³-hybridized carbons (Fsp3) is 0.120. The molecule has 0 fully saturated rings. The van der Waals surface area contributed by atoms with Crippen molar-refractivity contribution in [1.82, 2.24) is 4.98 Å². The first-order valence-electron chi connectivity index (χ1n) is 10.0. The van der Waals surface area contributed by atoms with E-state index in [0.717, 1.165) is 11.3 Å². The second kappa shape index (κ2) is 8.80. The molecule has 1 heterocycles. The molecule has 1 N–H and O–H groups in total. The lowest BCUT2D eigenvalue weighted by molar-refractivity contribution is 0.102. The molecule has 0 radical (unpaired) electrons. The number of oxazole rings is 1. The summed E-state index contributed by atoms with van der Waals surface area (Å²) in [5.41, 5.74) is 3.35. The molecule has 0 saturated heterocycles. The van der Waals surface area contributed by atoms with Crippen molar-refractivity contribution < 1.29 is 17.6 Å². The minimum absolute atomic E-state index is 0.223. The lowest BCUT2D eigenvalue weighted by Gasteiger charge is -2.06. The molecular formula is C25H22N2O4S. The number of anilines is 1. The molecule has 1 aromatic heterocycles. The zero-order valence-corrected chi connectivity index (χ0v) is 18.5. The Kier molecular flexibility index (Phi) is 5.92. The second-order valence-corrected chi connectivity index (χ2v) is 9.48. The third-order valence-electron chi connectivity index (χ3n) is 5.03. The maximum atomic E-state index is 12.7. The van der Waals surface area contributed by atoms with E-state index in [1.165, 1.54) is 0 Å². The van der Waals surface area contributed by atoms with Gasteiger partial charge in [0.2, 0.25) is 5.89 Å². The van der Waals surface area contributed by atoms with E-state index >= 15 is 0 Å². The summed E-state index contributed by atoms with van der Waals surface area (Å²) < 4.78 is 31.0. The first-order chi connectivity index (χ1) is 15.3. The highest BCUT2D eigenvalue weighted by Crippen LogP contribution is 2.25. The Morgan fingerprint density at radius 2 is 1.56 bits per heavy atom. The van der Waals surface area contributed by atoms with Gasteiger partial charge < -0.3 is 9.73 Å². The molecule has 1 amide bonds. The summed E-state index contributed by atoms with van der Waals surface area (Å²) in [6.45, 7) is 3.67. The molecule has 0 spiro atoms. The Bertz CT molecular complexity index is 1340. The van der Waals surface area contributed by atoms with E-state index in [2.05, 4.69) is 10.3 Å². The van der Waals surface area contributed by atoms with Gasteiger partial charge in [-0.25, -0.2) is 13.4 Å². The Morgan fingerprint density at radius 1 is 0.906 bits per heavy atom. The van der Waals surface area contributed by atoms with Crippen LogP contribution in [0.25, 0.3) is 11.5 Å². The first kappa shape index (κ1) is 21.5. The molecule has 0 atom stereocenters. The van der Waals surface area contributed by atoms with Gasteiger partial charge >= 0.3 is 0 Å². The highest BCUT2D eigenvalue weighted by atomic mass is 32.2. The number of carbonyl (C=O) groups is 1. The van der Waals surface area contributed by atoms with E-state index in [1.54, 1.807) is 61.5 Å². The van der Waals surface area contributed by atoms with Gasteiger partial charge in [0, 0.05) is 16.8 Å². The van der Waals surface area contributed by atoms with Crippen LogP contribution in [-0.4, -0.2) is 19.3 Å². The van der Waals surface area contributed by atoms with E-state index in [1.807, 2.05) is 31.2 Å². The first-order valence-corrected chi connectivity index (χ1v) is 11.7.